The van der Waals surface area contributed by atoms with Crippen molar-refractivity contribution < 1.29 is 0 Å². The van der Waals surface area contributed by atoms with Gasteiger partial charge in [-0.15, -0.1) is 0 Å². The van der Waals surface area contributed by atoms with Gasteiger partial charge in [0.25, 0.3) is 0 Å². The minimum Gasteiger partial charge on any atom is -0.300 e. The van der Waals surface area contributed by atoms with Crippen LogP contribution in [0.4, 0.5) is 0 Å². The average molecular weight is 283 g/mol. The zero-order chi connectivity index (χ0) is 13.9. The molecule has 1 heterocycles. The number of fused-ring (bicyclic) bond motifs is 1. The molecule has 0 aliphatic carbocycles. The summed E-state index contributed by atoms with van der Waals surface area (Å²) >= 11 is 5.35. The number of nitrogens with zero attached hydrogens (tertiary/aromatic N) is 2. The van der Waals surface area contributed by atoms with E-state index in [4.69, 9.17) is 12.2 Å². The molecular formula is C16H17N3S. The molecule has 20 heavy (non-hydrogen) atoms. The molecule has 0 aliphatic rings. The second-order valence-electron chi connectivity index (χ2n) is 4.92. The molecule has 0 unspecified atom stereocenters. The number of aromatic nitrogens is 3. The fraction of sp³-hybridized carbons (Fsp3) is 0.250. The van der Waals surface area contributed by atoms with Gasteiger partial charge in [-0.1, -0.05) is 49.4 Å². The van der Waals surface area contributed by atoms with Crippen LogP contribution in [-0.2, 0) is 13.0 Å². The molecule has 0 amide bonds. The van der Waals surface area contributed by atoms with E-state index in [1.807, 2.05) is 0 Å². The standard InChI is InChI=1S/C16H17N3S/c1-2-6-15-17-18-16(20)19(15)11-13-9-5-8-12-7-3-4-10-14(12)13/h3-5,7-10H,2,6,11H2,1H3,(H,18,20). The first kappa shape index (κ1) is 13.1. The first-order valence-corrected chi connectivity index (χ1v) is 7.31. The molecule has 0 atom stereocenters. The van der Waals surface area contributed by atoms with Crippen molar-refractivity contribution >= 4 is 23.0 Å². The highest BCUT2D eigenvalue weighted by Gasteiger charge is 2.07. The van der Waals surface area contributed by atoms with Crippen LogP contribution in [0, 0.1) is 4.77 Å². The van der Waals surface area contributed by atoms with Crippen LogP contribution in [0.5, 0.6) is 0 Å². The Morgan fingerprint density at radius 3 is 2.80 bits per heavy atom. The van der Waals surface area contributed by atoms with Gasteiger partial charge in [0.15, 0.2) is 4.77 Å². The van der Waals surface area contributed by atoms with Crippen LogP contribution in [0.1, 0.15) is 24.7 Å². The predicted octanol–water partition coefficient (Wildman–Crippen LogP) is 4.09. The Kier molecular flexibility index (Phi) is 3.65. The summed E-state index contributed by atoms with van der Waals surface area (Å²) in [4.78, 5) is 0. The minimum absolute atomic E-state index is 0.696. The lowest BCUT2D eigenvalue weighted by atomic mass is 10.0. The number of aryl methyl sites for hydroxylation is 1. The van der Waals surface area contributed by atoms with E-state index in [9.17, 15) is 0 Å². The first-order valence-electron chi connectivity index (χ1n) is 6.90. The Bertz CT molecular complexity index is 780. The second-order valence-corrected chi connectivity index (χ2v) is 5.31. The third-order valence-electron chi connectivity index (χ3n) is 3.52. The highest BCUT2D eigenvalue weighted by Crippen LogP contribution is 2.20. The number of hydrogen-bond donors (Lipinski definition) is 1. The summed E-state index contributed by atoms with van der Waals surface area (Å²) in [7, 11) is 0. The van der Waals surface area contributed by atoms with Crippen LogP contribution < -0.4 is 0 Å². The maximum absolute atomic E-state index is 5.35. The SMILES string of the molecule is CCCc1n[nH]c(=S)n1Cc1cccc2ccccc12. The van der Waals surface area contributed by atoms with Crippen molar-refractivity contribution in [3.8, 4) is 0 Å². The van der Waals surface area contributed by atoms with Crippen LogP contribution in [0.25, 0.3) is 10.8 Å². The van der Waals surface area contributed by atoms with Crippen molar-refractivity contribution in [1.82, 2.24) is 14.8 Å². The number of benzene rings is 2. The minimum atomic E-state index is 0.696. The summed E-state index contributed by atoms with van der Waals surface area (Å²) in [6.45, 7) is 2.92. The Morgan fingerprint density at radius 1 is 1.15 bits per heavy atom. The van der Waals surface area contributed by atoms with E-state index in [1.54, 1.807) is 0 Å². The molecule has 102 valence electrons. The summed E-state index contributed by atoms with van der Waals surface area (Å²) in [5.41, 5.74) is 1.28. The lowest BCUT2D eigenvalue weighted by Gasteiger charge is -2.09. The van der Waals surface area contributed by atoms with Crippen molar-refractivity contribution in [3.05, 3.63) is 58.6 Å². The van der Waals surface area contributed by atoms with Crippen molar-refractivity contribution in [3.63, 3.8) is 0 Å². The molecule has 1 N–H and O–H groups in total. The zero-order valence-corrected chi connectivity index (χ0v) is 12.3. The fourth-order valence-corrected chi connectivity index (χ4v) is 2.74. The Hall–Kier alpha value is -1.94. The summed E-state index contributed by atoms with van der Waals surface area (Å²) in [6, 6.07) is 14.8. The summed E-state index contributed by atoms with van der Waals surface area (Å²) in [5, 5.41) is 9.77. The average Bonchev–Trinajstić information content (AvgIpc) is 2.81. The number of H-pyrrole nitrogens is 1. The largest absolute Gasteiger partial charge is 0.300 e. The Morgan fingerprint density at radius 2 is 1.95 bits per heavy atom. The smallest absolute Gasteiger partial charge is 0.195 e. The van der Waals surface area contributed by atoms with Gasteiger partial charge in [0, 0.05) is 6.42 Å². The van der Waals surface area contributed by atoms with Gasteiger partial charge in [0.1, 0.15) is 5.82 Å². The Balaban J connectivity index is 2.06. The highest BCUT2D eigenvalue weighted by molar-refractivity contribution is 7.71. The van der Waals surface area contributed by atoms with Gasteiger partial charge in [-0.25, -0.2) is 0 Å². The molecule has 2 aromatic carbocycles. The van der Waals surface area contributed by atoms with E-state index in [2.05, 4.69) is 64.2 Å². The van der Waals surface area contributed by atoms with E-state index in [0.29, 0.717) is 4.77 Å². The quantitative estimate of drug-likeness (QED) is 0.731. The monoisotopic (exact) mass is 283 g/mol. The van der Waals surface area contributed by atoms with Crippen LogP contribution >= 0.6 is 12.2 Å². The molecular weight excluding hydrogens is 266 g/mol. The maximum atomic E-state index is 5.35. The van der Waals surface area contributed by atoms with Gasteiger partial charge < -0.3 is 0 Å². The third-order valence-corrected chi connectivity index (χ3v) is 3.83. The van der Waals surface area contributed by atoms with Crippen LogP contribution in [0.15, 0.2) is 42.5 Å². The number of nitrogens with one attached hydrogen (secondary N) is 1. The van der Waals surface area contributed by atoms with Gasteiger partial charge in [0.2, 0.25) is 0 Å². The molecule has 1 aromatic heterocycles. The Labute approximate surface area is 123 Å². The third kappa shape index (κ3) is 2.39. The van der Waals surface area contributed by atoms with Crippen LogP contribution in [0.3, 0.4) is 0 Å². The predicted molar refractivity (Wildman–Crippen MR) is 84.5 cm³/mol. The lowest BCUT2D eigenvalue weighted by molar-refractivity contribution is 0.701. The molecule has 3 nitrogen and oxygen atoms in total. The van der Waals surface area contributed by atoms with Gasteiger partial charge in [-0.2, -0.15) is 5.10 Å². The molecule has 0 fully saturated rings. The van der Waals surface area contributed by atoms with Crippen LogP contribution in [-0.4, -0.2) is 14.8 Å². The number of hydrogen-bond acceptors (Lipinski definition) is 2. The molecule has 4 heteroatoms. The van der Waals surface area contributed by atoms with E-state index in [0.717, 1.165) is 25.2 Å². The van der Waals surface area contributed by atoms with Gasteiger partial charge in [-0.05, 0) is 35.0 Å². The van der Waals surface area contributed by atoms with Crippen molar-refractivity contribution in [1.29, 1.82) is 0 Å². The topological polar surface area (TPSA) is 33.6 Å². The van der Waals surface area contributed by atoms with E-state index in [-0.39, 0.29) is 0 Å². The van der Waals surface area contributed by atoms with Gasteiger partial charge in [-0.3, -0.25) is 9.67 Å². The molecule has 0 saturated carbocycles. The van der Waals surface area contributed by atoms with Crippen molar-refractivity contribution in [2.75, 3.05) is 0 Å². The molecule has 0 radical (unpaired) electrons. The fourth-order valence-electron chi connectivity index (χ4n) is 2.53. The normalized spacial score (nSPS) is 11.1. The molecule has 3 aromatic rings. The summed E-state index contributed by atoms with van der Waals surface area (Å²) in [5.74, 6) is 1.03. The number of aromatic amines is 1. The summed E-state index contributed by atoms with van der Waals surface area (Å²) in [6.07, 6.45) is 2.01. The maximum Gasteiger partial charge on any atom is 0.195 e. The zero-order valence-electron chi connectivity index (χ0n) is 11.5. The van der Waals surface area contributed by atoms with Crippen molar-refractivity contribution in [2.45, 2.75) is 26.3 Å². The van der Waals surface area contributed by atoms with E-state index >= 15 is 0 Å². The molecule has 0 bridgehead atoms. The number of rotatable bonds is 4. The second kappa shape index (κ2) is 5.59. The molecule has 0 aliphatic heterocycles. The lowest BCUT2D eigenvalue weighted by Crippen LogP contribution is -2.05. The first-order chi connectivity index (χ1) is 9.79. The molecule has 0 spiro atoms. The summed E-state index contributed by atoms with van der Waals surface area (Å²) < 4.78 is 2.79. The molecule has 0 saturated heterocycles. The van der Waals surface area contributed by atoms with Gasteiger partial charge in [0.05, 0.1) is 6.54 Å². The van der Waals surface area contributed by atoms with E-state index < -0.39 is 0 Å². The highest BCUT2D eigenvalue weighted by atomic mass is 32.1. The van der Waals surface area contributed by atoms with Crippen LogP contribution in [0.2, 0.25) is 0 Å². The molecule has 3 rings (SSSR count). The van der Waals surface area contributed by atoms with E-state index in [1.165, 1.54) is 16.3 Å². The van der Waals surface area contributed by atoms with Gasteiger partial charge >= 0.3 is 0 Å². The van der Waals surface area contributed by atoms with Crippen molar-refractivity contribution in [2.24, 2.45) is 0 Å².